The van der Waals surface area contributed by atoms with Crippen LogP contribution >= 0.6 is 22.9 Å². The first-order valence-electron chi connectivity index (χ1n) is 9.81. The lowest BCUT2D eigenvalue weighted by Gasteiger charge is -2.07. The number of carbonyl (C=O) groups excluding carboxylic acids is 1. The summed E-state index contributed by atoms with van der Waals surface area (Å²) in [4.78, 5) is 13.1. The second kappa shape index (κ2) is 8.59. The third-order valence-electron chi connectivity index (χ3n) is 5.26. The van der Waals surface area contributed by atoms with Crippen LogP contribution in [0.5, 0.6) is 5.75 Å². The highest BCUT2D eigenvalue weighted by atomic mass is 35.5. The average Bonchev–Trinajstić information content (AvgIpc) is 3.43. The van der Waals surface area contributed by atoms with Crippen LogP contribution in [-0.4, -0.2) is 22.2 Å². The molecule has 0 atom stereocenters. The molecule has 3 aromatic rings. The van der Waals surface area contributed by atoms with Crippen molar-refractivity contribution in [2.24, 2.45) is 0 Å². The molecule has 0 aliphatic heterocycles. The molecule has 1 aromatic carbocycles. The fraction of sp³-hybridized carbons (Fsp3) is 0.364. The summed E-state index contributed by atoms with van der Waals surface area (Å²) in [5.41, 5.74) is 5.57. The standard InChI is InChI=1S/C22H24ClN3O2S/c1-14-21(23)15(2)26(25-14)9-8-24-22(27)20-10-16(13-29-20)12-28-19-7-6-17-4-3-5-18(17)11-19/h6-7,10-11,13H,3-5,8-9,12H2,1-2H3,(H,24,27). The van der Waals surface area contributed by atoms with E-state index in [0.29, 0.717) is 29.6 Å². The van der Waals surface area contributed by atoms with Gasteiger partial charge < -0.3 is 10.1 Å². The van der Waals surface area contributed by atoms with Crippen LogP contribution in [0.25, 0.3) is 0 Å². The van der Waals surface area contributed by atoms with E-state index in [1.165, 1.54) is 35.3 Å². The van der Waals surface area contributed by atoms with Gasteiger partial charge in [0.25, 0.3) is 5.91 Å². The molecule has 0 saturated heterocycles. The van der Waals surface area contributed by atoms with Crippen molar-refractivity contribution in [1.29, 1.82) is 0 Å². The molecule has 0 spiro atoms. The molecule has 0 saturated carbocycles. The Labute approximate surface area is 179 Å². The lowest BCUT2D eigenvalue weighted by atomic mass is 10.1. The summed E-state index contributed by atoms with van der Waals surface area (Å²) in [5, 5.41) is 9.98. The van der Waals surface area contributed by atoms with Crippen LogP contribution < -0.4 is 10.1 Å². The van der Waals surface area contributed by atoms with Gasteiger partial charge in [-0.2, -0.15) is 5.10 Å². The number of nitrogens with one attached hydrogen (secondary N) is 1. The molecule has 0 unspecified atom stereocenters. The van der Waals surface area contributed by atoms with E-state index in [0.717, 1.165) is 29.1 Å². The van der Waals surface area contributed by atoms with Gasteiger partial charge in [0.2, 0.25) is 0 Å². The zero-order valence-electron chi connectivity index (χ0n) is 16.6. The number of thiophene rings is 1. The Bertz CT molecular complexity index is 1040. The first-order valence-corrected chi connectivity index (χ1v) is 11.1. The Morgan fingerprint density at radius 2 is 2.10 bits per heavy atom. The topological polar surface area (TPSA) is 56.2 Å². The lowest BCUT2D eigenvalue weighted by molar-refractivity contribution is 0.0956. The summed E-state index contributed by atoms with van der Waals surface area (Å²) in [5.74, 6) is 0.817. The summed E-state index contributed by atoms with van der Waals surface area (Å²) < 4.78 is 7.75. The number of hydrogen-bond donors (Lipinski definition) is 1. The van der Waals surface area contributed by atoms with E-state index in [9.17, 15) is 4.79 Å². The molecule has 1 aliphatic rings. The van der Waals surface area contributed by atoms with E-state index < -0.39 is 0 Å². The van der Waals surface area contributed by atoms with Gasteiger partial charge in [-0.05, 0) is 67.8 Å². The maximum absolute atomic E-state index is 12.4. The van der Waals surface area contributed by atoms with E-state index in [1.54, 1.807) is 0 Å². The van der Waals surface area contributed by atoms with E-state index >= 15 is 0 Å². The minimum atomic E-state index is -0.0774. The second-order valence-corrected chi connectivity index (χ2v) is 8.64. The number of benzene rings is 1. The molecule has 0 bridgehead atoms. The smallest absolute Gasteiger partial charge is 0.261 e. The van der Waals surface area contributed by atoms with E-state index in [4.69, 9.17) is 16.3 Å². The highest BCUT2D eigenvalue weighted by Crippen LogP contribution is 2.27. The van der Waals surface area contributed by atoms with Crippen LogP contribution in [0.2, 0.25) is 5.02 Å². The molecule has 7 heteroatoms. The molecule has 0 fully saturated rings. The van der Waals surface area contributed by atoms with E-state index in [2.05, 4.69) is 22.5 Å². The molecule has 1 aliphatic carbocycles. The number of halogens is 1. The minimum Gasteiger partial charge on any atom is -0.489 e. The zero-order chi connectivity index (χ0) is 20.4. The second-order valence-electron chi connectivity index (χ2n) is 7.36. The van der Waals surface area contributed by atoms with Gasteiger partial charge in [-0.25, -0.2) is 0 Å². The van der Waals surface area contributed by atoms with Crippen molar-refractivity contribution in [2.75, 3.05) is 6.54 Å². The third-order valence-corrected chi connectivity index (χ3v) is 6.78. The molecule has 5 nitrogen and oxygen atoms in total. The van der Waals surface area contributed by atoms with Crippen molar-refractivity contribution in [2.45, 2.75) is 46.3 Å². The number of nitrogens with zero attached hydrogens (tertiary/aromatic N) is 2. The van der Waals surface area contributed by atoms with Crippen LogP contribution in [0.3, 0.4) is 0 Å². The largest absolute Gasteiger partial charge is 0.489 e. The fourth-order valence-corrected chi connectivity index (χ4v) is 4.58. The number of hydrogen-bond acceptors (Lipinski definition) is 4. The lowest BCUT2D eigenvalue weighted by Crippen LogP contribution is -2.27. The maximum Gasteiger partial charge on any atom is 0.261 e. The minimum absolute atomic E-state index is 0.0774. The third kappa shape index (κ3) is 4.49. The molecular formula is C22H24ClN3O2S. The number of fused-ring (bicyclic) bond motifs is 1. The molecule has 2 heterocycles. The summed E-state index contributed by atoms with van der Waals surface area (Å²) >= 11 is 7.59. The SMILES string of the molecule is Cc1nn(CCNC(=O)c2cc(COc3ccc4c(c3)CCC4)cs2)c(C)c1Cl. The first kappa shape index (κ1) is 20.0. The van der Waals surface area contributed by atoms with Gasteiger partial charge in [0.1, 0.15) is 12.4 Å². The number of amides is 1. The first-order chi connectivity index (χ1) is 14.0. The normalized spacial score (nSPS) is 12.8. The molecule has 152 valence electrons. The average molecular weight is 430 g/mol. The van der Waals surface area contributed by atoms with E-state index in [1.807, 2.05) is 36.0 Å². The number of carbonyl (C=O) groups is 1. The van der Waals surface area contributed by atoms with Crippen molar-refractivity contribution in [3.8, 4) is 5.75 Å². The Hall–Kier alpha value is -2.31. The Balaban J connectivity index is 1.28. The Morgan fingerprint density at radius 3 is 2.90 bits per heavy atom. The highest BCUT2D eigenvalue weighted by molar-refractivity contribution is 7.12. The van der Waals surface area contributed by atoms with Gasteiger partial charge in [-0.1, -0.05) is 17.7 Å². The number of aryl methyl sites for hydroxylation is 3. The fourth-order valence-electron chi connectivity index (χ4n) is 3.63. The molecule has 1 N–H and O–H groups in total. The van der Waals surface area contributed by atoms with Crippen LogP contribution in [0.4, 0.5) is 0 Å². The van der Waals surface area contributed by atoms with Crippen LogP contribution in [0.1, 0.15) is 44.2 Å². The molecule has 4 rings (SSSR count). The Kier molecular flexibility index (Phi) is 5.92. The van der Waals surface area contributed by atoms with Gasteiger partial charge in [0.05, 0.1) is 27.8 Å². The van der Waals surface area contributed by atoms with Gasteiger partial charge >= 0.3 is 0 Å². The molecule has 1 amide bonds. The summed E-state index contributed by atoms with van der Waals surface area (Å²) in [6.45, 7) is 5.35. The molecule has 2 aromatic heterocycles. The van der Waals surface area contributed by atoms with Gasteiger partial charge in [0.15, 0.2) is 0 Å². The summed E-state index contributed by atoms with van der Waals surface area (Å²) in [6, 6.07) is 8.25. The zero-order valence-corrected chi connectivity index (χ0v) is 18.2. The molecule has 29 heavy (non-hydrogen) atoms. The van der Waals surface area contributed by atoms with Gasteiger partial charge in [-0.3, -0.25) is 9.48 Å². The van der Waals surface area contributed by atoms with Crippen molar-refractivity contribution in [3.05, 3.63) is 67.6 Å². The van der Waals surface area contributed by atoms with Crippen LogP contribution in [0.15, 0.2) is 29.6 Å². The number of aromatic nitrogens is 2. The monoisotopic (exact) mass is 429 g/mol. The van der Waals surface area contributed by atoms with Gasteiger partial charge in [0, 0.05) is 12.1 Å². The van der Waals surface area contributed by atoms with Crippen molar-refractivity contribution in [3.63, 3.8) is 0 Å². The van der Waals surface area contributed by atoms with Crippen molar-refractivity contribution >= 4 is 28.8 Å². The highest BCUT2D eigenvalue weighted by Gasteiger charge is 2.13. The van der Waals surface area contributed by atoms with E-state index in [-0.39, 0.29) is 5.91 Å². The predicted octanol–water partition coefficient (Wildman–Crippen LogP) is 4.71. The van der Waals surface area contributed by atoms with Crippen LogP contribution in [0, 0.1) is 13.8 Å². The van der Waals surface area contributed by atoms with Crippen molar-refractivity contribution in [1.82, 2.24) is 15.1 Å². The maximum atomic E-state index is 12.4. The van der Waals surface area contributed by atoms with Crippen molar-refractivity contribution < 1.29 is 9.53 Å². The number of rotatable bonds is 7. The quantitative estimate of drug-likeness (QED) is 0.591. The predicted molar refractivity (Wildman–Crippen MR) is 116 cm³/mol. The number of ether oxygens (including phenoxy) is 1. The molecular weight excluding hydrogens is 406 g/mol. The summed E-state index contributed by atoms with van der Waals surface area (Å²) in [7, 11) is 0. The Morgan fingerprint density at radius 1 is 1.28 bits per heavy atom. The van der Waals surface area contributed by atoms with Gasteiger partial charge in [-0.15, -0.1) is 11.3 Å². The van der Waals surface area contributed by atoms with Crippen LogP contribution in [-0.2, 0) is 26.0 Å². The molecule has 0 radical (unpaired) electrons. The summed E-state index contributed by atoms with van der Waals surface area (Å²) in [6.07, 6.45) is 3.54.